The number of rotatable bonds is 4. The summed E-state index contributed by atoms with van der Waals surface area (Å²) in [5, 5.41) is 15.0. The smallest absolute Gasteiger partial charge is 0.217 e. The highest BCUT2D eigenvalue weighted by Gasteiger charge is 2.58. The molecular formula is C16H20N4O4S. The van der Waals surface area contributed by atoms with Crippen molar-refractivity contribution < 1.29 is 18.3 Å². The van der Waals surface area contributed by atoms with Gasteiger partial charge in [0.1, 0.15) is 0 Å². The normalized spacial score (nSPS) is 32.6. The van der Waals surface area contributed by atoms with E-state index in [9.17, 15) is 13.2 Å². The van der Waals surface area contributed by atoms with E-state index in [1.165, 1.54) is 6.92 Å². The molecule has 0 aromatic heterocycles. The lowest BCUT2D eigenvalue weighted by Crippen LogP contribution is -2.42. The van der Waals surface area contributed by atoms with Crippen LogP contribution in [0.4, 0.5) is 0 Å². The third kappa shape index (κ3) is 3.22. The number of amides is 1. The summed E-state index contributed by atoms with van der Waals surface area (Å²) < 4.78 is 25.5. The summed E-state index contributed by atoms with van der Waals surface area (Å²) in [6, 6.07) is 6.13. The molecule has 9 heteroatoms. The molecule has 1 aliphatic heterocycles. The van der Waals surface area contributed by atoms with Gasteiger partial charge in [0, 0.05) is 35.8 Å². The number of azide groups is 1. The fraction of sp³-hybridized carbons (Fsp3) is 0.562. The number of fused-ring (bicyclic) bond motifs is 1. The van der Waals surface area contributed by atoms with Gasteiger partial charge in [-0.2, -0.15) is 0 Å². The van der Waals surface area contributed by atoms with Crippen molar-refractivity contribution in [1.82, 2.24) is 5.32 Å². The van der Waals surface area contributed by atoms with Crippen molar-refractivity contribution in [3.8, 4) is 0 Å². The molecule has 1 amide bonds. The molecule has 25 heavy (non-hydrogen) atoms. The molecular weight excluding hydrogens is 344 g/mol. The second-order valence-corrected chi connectivity index (χ2v) is 8.90. The van der Waals surface area contributed by atoms with Crippen LogP contribution in [-0.4, -0.2) is 42.5 Å². The van der Waals surface area contributed by atoms with Gasteiger partial charge in [0.15, 0.2) is 9.84 Å². The molecule has 0 spiro atoms. The number of aliphatic hydroxyl groups excluding tert-OH is 1. The first-order chi connectivity index (χ1) is 11.9. The highest BCUT2D eigenvalue weighted by atomic mass is 32.2. The zero-order valence-electron chi connectivity index (χ0n) is 13.7. The largest absolute Gasteiger partial charge is 0.392 e. The summed E-state index contributed by atoms with van der Waals surface area (Å²) in [4.78, 5) is 14.3. The van der Waals surface area contributed by atoms with Crippen LogP contribution in [0.2, 0.25) is 0 Å². The Hall–Kier alpha value is -2.09. The van der Waals surface area contributed by atoms with E-state index in [1.807, 2.05) is 12.1 Å². The first-order valence-corrected chi connectivity index (χ1v) is 9.81. The third-order valence-corrected chi connectivity index (χ3v) is 7.48. The fourth-order valence-electron chi connectivity index (χ4n) is 4.28. The highest BCUT2D eigenvalue weighted by Crippen LogP contribution is 2.49. The maximum Gasteiger partial charge on any atom is 0.217 e. The van der Waals surface area contributed by atoms with Crippen LogP contribution in [0.25, 0.3) is 10.4 Å². The minimum atomic E-state index is -3.43. The maximum atomic E-state index is 12.8. The van der Waals surface area contributed by atoms with E-state index >= 15 is 0 Å². The Morgan fingerprint density at radius 1 is 1.40 bits per heavy atom. The van der Waals surface area contributed by atoms with Crippen molar-refractivity contribution in [3.63, 3.8) is 0 Å². The Labute approximate surface area is 145 Å². The van der Waals surface area contributed by atoms with Gasteiger partial charge in [-0.05, 0) is 23.1 Å². The monoisotopic (exact) mass is 364 g/mol. The van der Waals surface area contributed by atoms with Crippen molar-refractivity contribution in [2.75, 3.05) is 5.75 Å². The van der Waals surface area contributed by atoms with E-state index in [0.29, 0.717) is 6.42 Å². The molecule has 2 fully saturated rings. The molecule has 1 aromatic rings. The number of aliphatic hydroxyl groups is 1. The van der Waals surface area contributed by atoms with E-state index in [0.717, 1.165) is 11.1 Å². The van der Waals surface area contributed by atoms with Crippen LogP contribution in [0.3, 0.4) is 0 Å². The van der Waals surface area contributed by atoms with Gasteiger partial charge < -0.3 is 10.4 Å². The minimum absolute atomic E-state index is 0.0821. The Balaban J connectivity index is 2.01. The molecule has 2 aliphatic rings. The number of nitrogens with one attached hydrogen (secondary N) is 1. The molecule has 134 valence electrons. The number of carbonyl (C=O) groups excluding carboxylic acids is 1. The number of hydrogen-bond acceptors (Lipinski definition) is 5. The predicted molar refractivity (Wildman–Crippen MR) is 91.3 cm³/mol. The summed E-state index contributed by atoms with van der Waals surface area (Å²) in [5.41, 5.74) is 10.5. The van der Waals surface area contributed by atoms with Gasteiger partial charge >= 0.3 is 0 Å². The topological polar surface area (TPSA) is 132 Å². The van der Waals surface area contributed by atoms with Gasteiger partial charge in [-0.3, -0.25) is 4.79 Å². The minimum Gasteiger partial charge on any atom is -0.392 e. The summed E-state index contributed by atoms with van der Waals surface area (Å²) >= 11 is 0. The van der Waals surface area contributed by atoms with E-state index in [-0.39, 0.29) is 24.2 Å². The van der Waals surface area contributed by atoms with Crippen LogP contribution in [0.1, 0.15) is 30.4 Å². The first-order valence-electron chi connectivity index (χ1n) is 8.10. The number of hydrogen-bond donors (Lipinski definition) is 2. The van der Waals surface area contributed by atoms with E-state index in [4.69, 9.17) is 10.6 Å². The van der Waals surface area contributed by atoms with Crippen LogP contribution in [0.5, 0.6) is 0 Å². The SMILES string of the molecule is CC(=O)N[C@H]1CS(=O)(=O)[C@H]2[C@@H]1[C@H](N=[N+]=[N-])C[C@@H]2c1ccc(CO)cc1. The molecule has 1 aliphatic carbocycles. The molecule has 0 unspecified atom stereocenters. The Morgan fingerprint density at radius 3 is 2.64 bits per heavy atom. The van der Waals surface area contributed by atoms with Gasteiger partial charge in [-0.25, -0.2) is 8.42 Å². The van der Waals surface area contributed by atoms with Crippen LogP contribution in [0, 0.1) is 5.92 Å². The van der Waals surface area contributed by atoms with Gasteiger partial charge in [-0.1, -0.05) is 29.4 Å². The van der Waals surface area contributed by atoms with Crippen LogP contribution >= 0.6 is 0 Å². The zero-order valence-corrected chi connectivity index (χ0v) is 14.6. The molecule has 1 saturated heterocycles. The predicted octanol–water partition coefficient (Wildman–Crippen LogP) is 1.26. The summed E-state index contributed by atoms with van der Waals surface area (Å²) in [5.74, 6) is -1.15. The molecule has 2 N–H and O–H groups in total. The van der Waals surface area contributed by atoms with Gasteiger partial charge in [-0.15, -0.1) is 0 Å². The average Bonchev–Trinajstić information content (AvgIpc) is 3.05. The number of carbonyl (C=O) groups is 1. The lowest BCUT2D eigenvalue weighted by Gasteiger charge is -2.21. The molecule has 1 heterocycles. The second kappa shape index (κ2) is 6.67. The molecule has 1 saturated carbocycles. The van der Waals surface area contributed by atoms with Gasteiger partial charge in [0.2, 0.25) is 5.91 Å². The van der Waals surface area contributed by atoms with Crippen LogP contribution < -0.4 is 5.32 Å². The number of nitrogens with zero attached hydrogens (tertiary/aromatic N) is 3. The quantitative estimate of drug-likeness (QED) is 0.473. The van der Waals surface area contributed by atoms with Crippen molar-refractivity contribution in [3.05, 3.63) is 45.8 Å². The Bertz CT molecular complexity index is 817. The van der Waals surface area contributed by atoms with Crippen molar-refractivity contribution in [2.24, 2.45) is 11.0 Å². The van der Waals surface area contributed by atoms with Crippen molar-refractivity contribution in [1.29, 1.82) is 0 Å². The van der Waals surface area contributed by atoms with E-state index < -0.39 is 33.1 Å². The number of sulfone groups is 1. The Kier molecular flexibility index (Phi) is 4.73. The molecule has 0 bridgehead atoms. The van der Waals surface area contributed by atoms with Crippen LogP contribution in [-0.2, 0) is 21.2 Å². The summed E-state index contributed by atoms with van der Waals surface area (Å²) in [6.45, 7) is 1.27. The van der Waals surface area contributed by atoms with E-state index in [1.54, 1.807) is 12.1 Å². The van der Waals surface area contributed by atoms with Gasteiger partial charge in [0.05, 0.1) is 17.6 Å². The number of benzene rings is 1. The standard InChI is InChI=1S/C16H20N4O4S/c1-9(22)18-14-8-25(23,24)16-12(6-13(15(14)16)19-20-17)11-4-2-10(7-21)3-5-11/h2-5,12-16,21H,6-8H2,1H3,(H,18,22)/t12-,13-,14+,15-,16-/m1/s1. The highest BCUT2D eigenvalue weighted by molar-refractivity contribution is 7.92. The third-order valence-electron chi connectivity index (χ3n) is 5.19. The zero-order chi connectivity index (χ0) is 18.2. The molecule has 0 radical (unpaired) electrons. The lowest BCUT2D eigenvalue weighted by atomic mass is 9.92. The molecule has 5 atom stereocenters. The fourth-order valence-corrected chi connectivity index (χ4v) is 6.93. The average molecular weight is 364 g/mol. The van der Waals surface area contributed by atoms with Crippen molar-refractivity contribution in [2.45, 2.75) is 43.2 Å². The first kappa shape index (κ1) is 17.7. The molecule has 3 rings (SSSR count). The van der Waals surface area contributed by atoms with E-state index in [2.05, 4.69) is 15.3 Å². The lowest BCUT2D eigenvalue weighted by molar-refractivity contribution is -0.119. The summed E-state index contributed by atoms with van der Waals surface area (Å²) in [7, 11) is -3.43. The van der Waals surface area contributed by atoms with Gasteiger partial charge in [0.25, 0.3) is 0 Å². The van der Waals surface area contributed by atoms with Crippen molar-refractivity contribution >= 4 is 15.7 Å². The molecule has 8 nitrogen and oxygen atoms in total. The Morgan fingerprint density at radius 2 is 2.08 bits per heavy atom. The van der Waals surface area contributed by atoms with Crippen LogP contribution in [0.15, 0.2) is 29.4 Å². The maximum absolute atomic E-state index is 12.8. The summed E-state index contributed by atoms with van der Waals surface area (Å²) in [6.07, 6.45) is 0.424. The molecule has 1 aromatic carbocycles. The second-order valence-electron chi connectivity index (χ2n) is 6.69.